The summed E-state index contributed by atoms with van der Waals surface area (Å²) < 4.78 is 5.58. The fraction of sp³-hybridized carbons (Fsp3) is 0.273. The first-order valence-electron chi connectivity index (χ1n) is 9.37. The normalized spacial score (nSPS) is 13.4. The summed E-state index contributed by atoms with van der Waals surface area (Å²) in [5.41, 5.74) is 6.10. The fourth-order valence-electron chi connectivity index (χ4n) is 3.42. The van der Waals surface area contributed by atoms with Gasteiger partial charge in [-0.15, -0.1) is 0 Å². The first-order chi connectivity index (χ1) is 13.3. The van der Waals surface area contributed by atoms with Gasteiger partial charge in [0.1, 0.15) is 6.26 Å². The van der Waals surface area contributed by atoms with Gasteiger partial charge in [0.15, 0.2) is 5.96 Å². The highest BCUT2D eigenvalue weighted by Gasteiger charge is 2.11. The van der Waals surface area contributed by atoms with Gasteiger partial charge >= 0.3 is 0 Å². The Hall–Kier alpha value is -3.08. The number of fused-ring (bicyclic) bond motifs is 1. The minimum atomic E-state index is 0.556. The number of rotatable bonds is 5. The number of benzene rings is 2. The maximum Gasteiger partial charge on any atom is 0.226 e. The van der Waals surface area contributed by atoms with Crippen molar-refractivity contribution in [2.75, 3.05) is 7.05 Å². The van der Waals surface area contributed by atoms with Crippen molar-refractivity contribution in [1.29, 1.82) is 0 Å². The second-order valence-corrected chi connectivity index (χ2v) is 6.75. The monoisotopic (exact) mass is 360 g/mol. The summed E-state index contributed by atoms with van der Waals surface area (Å²) >= 11 is 0. The van der Waals surface area contributed by atoms with Gasteiger partial charge in [-0.05, 0) is 48.1 Å². The zero-order chi connectivity index (χ0) is 18.5. The van der Waals surface area contributed by atoms with Crippen LogP contribution in [-0.4, -0.2) is 18.0 Å². The number of aliphatic imine (C=N–C) groups is 1. The maximum absolute atomic E-state index is 5.58. The Bertz CT molecular complexity index is 930. The summed E-state index contributed by atoms with van der Waals surface area (Å²) in [6.07, 6.45) is 5.38. The van der Waals surface area contributed by atoms with E-state index < -0.39 is 0 Å². The van der Waals surface area contributed by atoms with E-state index >= 15 is 0 Å². The zero-order valence-electron chi connectivity index (χ0n) is 15.5. The molecule has 1 heterocycles. The number of hydrogen-bond donors (Lipinski definition) is 2. The van der Waals surface area contributed by atoms with Gasteiger partial charge in [0.05, 0.1) is 12.2 Å². The van der Waals surface area contributed by atoms with Crippen molar-refractivity contribution in [2.45, 2.75) is 32.4 Å². The lowest BCUT2D eigenvalue weighted by molar-refractivity contribution is 0.572. The molecule has 0 radical (unpaired) electrons. The van der Waals surface area contributed by atoms with Crippen molar-refractivity contribution in [3.05, 3.63) is 77.2 Å². The van der Waals surface area contributed by atoms with Crippen molar-refractivity contribution in [1.82, 2.24) is 15.6 Å². The van der Waals surface area contributed by atoms with Gasteiger partial charge in [0, 0.05) is 19.2 Å². The number of nitrogens with one attached hydrogen (secondary N) is 2. The average Bonchev–Trinajstić information content (AvgIpc) is 3.38. The van der Waals surface area contributed by atoms with Gasteiger partial charge in [0.25, 0.3) is 0 Å². The Morgan fingerprint density at radius 3 is 2.70 bits per heavy atom. The Balaban J connectivity index is 1.31. The molecule has 0 atom stereocenters. The van der Waals surface area contributed by atoms with Crippen LogP contribution >= 0.6 is 0 Å². The second-order valence-electron chi connectivity index (χ2n) is 6.75. The maximum atomic E-state index is 5.58. The fourth-order valence-corrected chi connectivity index (χ4v) is 3.42. The van der Waals surface area contributed by atoms with Gasteiger partial charge in [-0.1, -0.05) is 36.4 Å². The summed E-state index contributed by atoms with van der Waals surface area (Å²) in [7, 11) is 1.77. The van der Waals surface area contributed by atoms with Gasteiger partial charge in [-0.3, -0.25) is 4.99 Å². The molecule has 0 saturated carbocycles. The quantitative estimate of drug-likeness (QED) is 0.538. The van der Waals surface area contributed by atoms with Crippen LogP contribution in [0.4, 0.5) is 0 Å². The molecule has 1 aliphatic carbocycles. The predicted octanol–water partition coefficient (Wildman–Crippen LogP) is 3.70. The first-order valence-corrected chi connectivity index (χ1v) is 9.37. The summed E-state index contributed by atoms with van der Waals surface area (Å²) in [5.74, 6) is 1.38. The standard InChI is InChI=1S/C22H24N4O/c1-23-22(24-13-16-10-11-17-8-5-9-19(17)12-16)25-14-20-15-27-21(26-20)18-6-3-2-4-7-18/h2-4,6-7,10-12,15H,5,8-9,13-14H2,1H3,(H2,23,24,25). The molecule has 0 amide bonds. The lowest BCUT2D eigenvalue weighted by Crippen LogP contribution is -2.36. The molecule has 27 heavy (non-hydrogen) atoms. The third-order valence-corrected chi connectivity index (χ3v) is 4.86. The highest BCUT2D eigenvalue weighted by atomic mass is 16.3. The number of oxazole rings is 1. The molecule has 0 saturated heterocycles. The third-order valence-electron chi connectivity index (χ3n) is 4.86. The molecule has 0 aliphatic heterocycles. The molecule has 2 N–H and O–H groups in total. The number of aryl methyl sites for hydroxylation is 2. The summed E-state index contributed by atoms with van der Waals surface area (Å²) in [6, 6.07) is 16.7. The van der Waals surface area contributed by atoms with Crippen LogP contribution in [0, 0.1) is 0 Å². The smallest absolute Gasteiger partial charge is 0.226 e. The van der Waals surface area contributed by atoms with Crippen LogP contribution in [-0.2, 0) is 25.9 Å². The number of aromatic nitrogens is 1. The molecule has 0 unspecified atom stereocenters. The number of hydrogen-bond acceptors (Lipinski definition) is 3. The van der Waals surface area contributed by atoms with E-state index in [2.05, 4.69) is 38.8 Å². The van der Waals surface area contributed by atoms with Gasteiger partial charge in [-0.25, -0.2) is 4.98 Å². The Morgan fingerprint density at radius 2 is 1.85 bits per heavy atom. The van der Waals surface area contributed by atoms with E-state index in [9.17, 15) is 0 Å². The molecule has 1 aliphatic rings. The number of guanidine groups is 1. The highest BCUT2D eigenvalue weighted by molar-refractivity contribution is 5.79. The van der Waals surface area contributed by atoms with Gasteiger partial charge in [0.2, 0.25) is 5.89 Å². The Morgan fingerprint density at radius 1 is 1.04 bits per heavy atom. The van der Waals surface area contributed by atoms with E-state index in [0.717, 1.165) is 23.8 Å². The molecule has 0 spiro atoms. The molecule has 5 heteroatoms. The lowest BCUT2D eigenvalue weighted by Gasteiger charge is -2.11. The van der Waals surface area contributed by atoms with E-state index in [4.69, 9.17) is 4.42 Å². The van der Waals surface area contributed by atoms with Crippen molar-refractivity contribution in [2.24, 2.45) is 4.99 Å². The molecular weight excluding hydrogens is 336 g/mol. The molecule has 0 fully saturated rings. The average molecular weight is 360 g/mol. The molecule has 3 aromatic rings. The molecule has 2 aromatic carbocycles. The Kier molecular flexibility index (Phi) is 5.19. The van der Waals surface area contributed by atoms with Gasteiger partial charge in [-0.2, -0.15) is 0 Å². The van der Waals surface area contributed by atoms with Crippen LogP contribution in [0.25, 0.3) is 11.5 Å². The van der Waals surface area contributed by atoms with E-state index in [-0.39, 0.29) is 0 Å². The summed E-state index contributed by atoms with van der Waals surface area (Å²) in [5, 5.41) is 6.66. The SMILES string of the molecule is CN=C(NCc1ccc2c(c1)CCC2)NCc1coc(-c2ccccc2)n1. The minimum absolute atomic E-state index is 0.556. The van der Waals surface area contributed by atoms with E-state index in [1.807, 2.05) is 30.3 Å². The molecule has 1 aromatic heterocycles. The van der Waals surface area contributed by atoms with Crippen molar-refractivity contribution < 1.29 is 4.42 Å². The Labute approximate surface area is 159 Å². The van der Waals surface area contributed by atoms with E-state index in [1.54, 1.807) is 13.3 Å². The predicted molar refractivity (Wildman–Crippen MR) is 107 cm³/mol. The van der Waals surface area contributed by atoms with Crippen LogP contribution in [0.2, 0.25) is 0 Å². The third kappa shape index (κ3) is 4.19. The zero-order valence-corrected chi connectivity index (χ0v) is 15.5. The highest BCUT2D eigenvalue weighted by Crippen LogP contribution is 2.22. The number of nitrogens with zero attached hydrogens (tertiary/aromatic N) is 2. The summed E-state index contributed by atoms with van der Waals surface area (Å²) in [6.45, 7) is 1.31. The van der Waals surface area contributed by atoms with Crippen molar-refractivity contribution in [3.63, 3.8) is 0 Å². The van der Waals surface area contributed by atoms with Crippen LogP contribution < -0.4 is 10.6 Å². The van der Waals surface area contributed by atoms with E-state index in [1.165, 1.54) is 36.0 Å². The molecule has 5 nitrogen and oxygen atoms in total. The van der Waals surface area contributed by atoms with Crippen LogP contribution in [0.3, 0.4) is 0 Å². The van der Waals surface area contributed by atoms with Crippen molar-refractivity contribution in [3.8, 4) is 11.5 Å². The van der Waals surface area contributed by atoms with Crippen LogP contribution in [0.1, 0.15) is 28.8 Å². The topological polar surface area (TPSA) is 62.5 Å². The molecule has 4 rings (SSSR count). The lowest BCUT2D eigenvalue weighted by atomic mass is 10.1. The van der Waals surface area contributed by atoms with Crippen LogP contribution in [0.15, 0.2) is 64.2 Å². The second kappa shape index (κ2) is 8.08. The first kappa shape index (κ1) is 17.3. The van der Waals surface area contributed by atoms with Crippen molar-refractivity contribution >= 4 is 5.96 Å². The molecule has 0 bridgehead atoms. The molecular formula is C22H24N4O. The summed E-state index contributed by atoms with van der Waals surface area (Å²) in [4.78, 5) is 8.82. The minimum Gasteiger partial charge on any atom is -0.444 e. The largest absolute Gasteiger partial charge is 0.444 e. The van der Waals surface area contributed by atoms with Gasteiger partial charge < -0.3 is 15.1 Å². The van der Waals surface area contributed by atoms with E-state index in [0.29, 0.717) is 12.4 Å². The van der Waals surface area contributed by atoms with Crippen LogP contribution in [0.5, 0.6) is 0 Å². The molecule has 138 valence electrons.